The zero-order valence-corrected chi connectivity index (χ0v) is 18.8. The van der Waals surface area contributed by atoms with Crippen LogP contribution in [-0.4, -0.2) is 49.0 Å². The van der Waals surface area contributed by atoms with Crippen LogP contribution < -0.4 is 25.0 Å². The molecule has 2 aliphatic rings. The first-order valence-electron chi connectivity index (χ1n) is 11.1. The number of benzene rings is 2. The summed E-state index contributed by atoms with van der Waals surface area (Å²) in [6.07, 6.45) is 3.22. The summed E-state index contributed by atoms with van der Waals surface area (Å²) in [6, 6.07) is 14.9. The molecule has 9 heteroatoms. The molecule has 2 aliphatic heterocycles. The molecular weight excluding hydrogens is 434 g/mol. The van der Waals surface area contributed by atoms with Gasteiger partial charge in [-0.05, 0) is 55.0 Å². The fraction of sp³-hybridized carbons (Fsp3) is 0.240. The number of anilines is 4. The van der Waals surface area contributed by atoms with Crippen molar-refractivity contribution in [1.29, 1.82) is 0 Å². The number of aromatic nitrogens is 2. The van der Waals surface area contributed by atoms with Gasteiger partial charge in [-0.1, -0.05) is 6.07 Å². The SMILES string of the molecule is Cc1cc(Nc2ccc(NC(=O)/C=C/c3ccc4c(c3)OCO4)cc2)nc(N2CCOCC2)n1. The highest BCUT2D eigenvalue weighted by Gasteiger charge is 2.15. The summed E-state index contributed by atoms with van der Waals surface area (Å²) < 4.78 is 16.1. The number of nitrogens with zero attached hydrogens (tertiary/aromatic N) is 3. The predicted molar refractivity (Wildman–Crippen MR) is 130 cm³/mol. The Morgan fingerprint density at radius 3 is 2.56 bits per heavy atom. The molecular formula is C25H25N5O4. The normalized spacial score (nSPS) is 14.9. The van der Waals surface area contributed by atoms with Crippen LogP contribution in [0, 0.1) is 6.92 Å². The number of carbonyl (C=O) groups excluding carboxylic acids is 1. The van der Waals surface area contributed by atoms with E-state index in [2.05, 4.69) is 25.5 Å². The van der Waals surface area contributed by atoms with E-state index in [1.807, 2.05) is 55.5 Å². The Kier molecular flexibility index (Phi) is 6.26. The summed E-state index contributed by atoms with van der Waals surface area (Å²) in [5, 5.41) is 6.18. The largest absolute Gasteiger partial charge is 0.454 e. The summed E-state index contributed by atoms with van der Waals surface area (Å²) in [6.45, 7) is 5.09. The molecule has 2 N–H and O–H groups in total. The van der Waals surface area contributed by atoms with Crippen LogP contribution in [0.1, 0.15) is 11.3 Å². The van der Waals surface area contributed by atoms with Crippen molar-refractivity contribution >= 4 is 35.1 Å². The van der Waals surface area contributed by atoms with Crippen LogP contribution in [0.4, 0.5) is 23.1 Å². The zero-order valence-electron chi connectivity index (χ0n) is 18.8. The number of nitrogens with one attached hydrogen (secondary N) is 2. The number of carbonyl (C=O) groups is 1. The van der Waals surface area contributed by atoms with Crippen molar-refractivity contribution in [2.45, 2.75) is 6.92 Å². The van der Waals surface area contributed by atoms with Crippen LogP contribution in [0.25, 0.3) is 6.08 Å². The van der Waals surface area contributed by atoms with Gasteiger partial charge in [0.2, 0.25) is 18.6 Å². The summed E-state index contributed by atoms with van der Waals surface area (Å²) in [5.41, 5.74) is 3.30. The lowest BCUT2D eigenvalue weighted by Gasteiger charge is -2.27. The monoisotopic (exact) mass is 459 g/mol. The molecule has 0 radical (unpaired) electrons. The Labute approximate surface area is 197 Å². The first-order valence-corrected chi connectivity index (χ1v) is 11.1. The zero-order chi connectivity index (χ0) is 23.3. The third-order valence-electron chi connectivity index (χ3n) is 5.38. The fourth-order valence-electron chi connectivity index (χ4n) is 3.68. The van der Waals surface area contributed by atoms with Crippen molar-refractivity contribution in [3.05, 3.63) is 65.9 Å². The first kappa shape index (κ1) is 21.7. The van der Waals surface area contributed by atoms with Crippen LogP contribution in [0.3, 0.4) is 0 Å². The second kappa shape index (κ2) is 9.80. The molecule has 1 amide bonds. The smallest absolute Gasteiger partial charge is 0.248 e. The molecule has 9 nitrogen and oxygen atoms in total. The number of ether oxygens (including phenoxy) is 3. The number of morpholine rings is 1. The average molecular weight is 460 g/mol. The van der Waals surface area contributed by atoms with Crippen molar-refractivity contribution in [1.82, 2.24) is 9.97 Å². The maximum absolute atomic E-state index is 12.3. The maximum atomic E-state index is 12.3. The number of rotatable bonds is 6. The van der Waals surface area contributed by atoms with Crippen LogP contribution >= 0.6 is 0 Å². The summed E-state index contributed by atoms with van der Waals surface area (Å²) in [5.74, 6) is 2.59. The molecule has 0 bridgehead atoms. The van der Waals surface area contributed by atoms with Crippen LogP contribution in [-0.2, 0) is 9.53 Å². The molecule has 1 aromatic heterocycles. The Balaban J connectivity index is 1.19. The number of hydrogen-bond donors (Lipinski definition) is 2. The molecule has 174 valence electrons. The van der Waals surface area contributed by atoms with E-state index in [1.54, 1.807) is 6.08 Å². The van der Waals surface area contributed by atoms with Gasteiger partial charge in [-0.15, -0.1) is 0 Å². The molecule has 5 rings (SSSR count). The molecule has 0 unspecified atom stereocenters. The van der Waals surface area contributed by atoms with E-state index in [1.165, 1.54) is 6.08 Å². The highest BCUT2D eigenvalue weighted by atomic mass is 16.7. The van der Waals surface area contributed by atoms with E-state index in [0.29, 0.717) is 36.3 Å². The molecule has 2 aromatic carbocycles. The van der Waals surface area contributed by atoms with Crippen molar-refractivity contribution < 1.29 is 19.0 Å². The Morgan fingerprint density at radius 1 is 0.971 bits per heavy atom. The van der Waals surface area contributed by atoms with Gasteiger partial charge >= 0.3 is 0 Å². The van der Waals surface area contributed by atoms with Crippen molar-refractivity contribution in [3.63, 3.8) is 0 Å². The standard InChI is InChI=1S/C25H25N5O4/c1-17-14-23(29-25(26-17)30-10-12-32-13-11-30)27-19-4-6-20(7-5-19)28-24(31)9-3-18-2-8-21-22(15-18)34-16-33-21/h2-9,14-15H,10-13,16H2,1H3,(H,28,31)(H,26,27,29)/b9-3+. The van der Waals surface area contributed by atoms with Gasteiger partial charge in [0.1, 0.15) is 5.82 Å². The molecule has 34 heavy (non-hydrogen) atoms. The topological polar surface area (TPSA) is 97.8 Å². The highest BCUT2D eigenvalue weighted by Crippen LogP contribution is 2.32. The number of fused-ring (bicyclic) bond motifs is 1. The molecule has 0 saturated carbocycles. The molecule has 3 heterocycles. The van der Waals surface area contributed by atoms with Crippen molar-refractivity contribution in [2.24, 2.45) is 0 Å². The van der Waals surface area contributed by atoms with Crippen molar-refractivity contribution in [2.75, 3.05) is 48.6 Å². The third-order valence-corrected chi connectivity index (χ3v) is 5.38. The quantitative estimate of drug-likeness (QED) is 0.538. The van der Waals surface area contributed by atoms with E-state index < -0.39 is 0 Å². The van der Waals surface area contributed by atoms with Gasteiger partial charge in [-0.3, -0.25) is 4.79 Å². The number of hydrogen-bond acceptors (Lipinski definition) is 8. The molecule has 0 spiro atoms. The minimum atomic E-state index is -0.222. The molecule has 1 fully saturated rings. The highest BCUT2D eigenvalue weighted by molar-refractivity contribution is 6.02. The van der Waals surface area contributed by atoms with E-state index in [0.717, 1.165) is 35.9 Å². The summed E-state index contributed by atoms with van der Waals surface area (Å²) in [4.78, 5) is 23.6. The van der Waals surface area contributed by atoms with Crippen LogP contribution in [0.15, 0.2) is 54.6 Å². The van der Waals surface area contributed by atoms with E-state index in [9.17, 15) is 4.79 Å². The van der Waals surface area contributed by atoms with Gasteiger partial charge in [0.05, 0.1) is 13.2 Å². The van der Waals surface area contributed by atoms with Gasteiger partial charge in [-0.25, -0.2) is 4.98 Å². The van der Waals surface area contributed by atoms with Gasteiger partial charge in [0, 0.05) is 42.3 Å². The minimum absolute atomic E-state index is 0.222. The molecule has 0 atom stereocenters. The Bertz CT molecular complexity index is 1210. The van der Waals surface area contributed by atoms with Crippen LogP contribution in [0.2, 0.25) is 0 Å². The third kappa shape index (κ3) is 5.26. The van der Waals surface area contributed by atoms with Crippen LogP contribution in [0.5, 0.6) is 11.5 Å². The number of amides is 1. The van der Waals surface area contributed by atoms with Gasteiger partial charge in [-0.2, -0.15) is 4.98 Å². The Hall–Kier alpha value is -4.11. The first-order chi connectivity index (χ1) is 16.6. The molecule has 1 saturated heterocycles. The Morgan fingerprint density at radius 2 is 1.74 bits per heavy atom. The second-order valence-corrected chi connectivity index (χ2v) is 7.93. The summed E-state index contributed by atoms with van der Waals surface area (Å²) in [7, 11) is 0. The average Bonchev–Trinajstić information content (AvgIpc) is 3.32. The lowest BCUT2D eigenvalue weighted by Crippen LogP contribution is -2.37. The minimum Gasteiger partial charge on any atom is -0.454 e. The molecule has 0 aliphatic carbocycles. The van der Waals surface area contributed by atoms with E-state index in [-0.39, 0.29) is 12.7 Å². The van der Waals surface area contributed by atoms with E-state index >= 15 is 0 Å². The van der Waals surface area contributed by atoms with Crippen molar-refractivity contribution in [3.8, 4) is 11.5 Å². The molecule has 3 aromatic rings. The number of aryl methyl sites for hydroxylation is 1. The lowest BCUT2D eigenvalue weighted by molar-refractivity contribution is -0.111. The maximum Gasteiger partial charge on any atom is 0.248 e. The van der Waals surface area contributed by atoms with Gasteiger partial charge in [0.15, 0.2) is 11.5 Å². The summed E-state index contributed by atoms with van der Waals surface area (Å²) >= 11 is 0. The van der Waals surface area contributed by atoms with Gasteiger partial charge < -0.3 is 29.7 Å². The lowest BCUT2D eigenvalue weighted by atomic mass is 10.2. The fourth-order valence-corrected chi connectivity index (χ4v) is 3.68. The second-order valence-electron chi connectivity index (χ2n) is 7.93. The van der Waals surface area contributed by atoms with E-state index in [4.69, 9.17) is 14.2 Å². The van der Waals surface area contributed by atoms with Gasteiger partial charge in [0.25, 0.3) is 0 Å². The predicted octanol–water partition coefficient (Wildman–Crippen LogP) is 3.75.